The van der Waals surface area contributed by atoms with E-state index in [0.29, 0.717) is 22.7 Å². The van der Waals surface area contributed by atoms with Crippen LogP contribution < -0.4 is 15.6 Å². The zero-order valence-electron chi connectivity index (χ0n) is 19.7. The summed E-state index contributed by atoms with van der Waals surface area (Å²) < 4.78 is 12.2. The summed E-state index contributed by atoms with van der Waals surface area (Å²) in [4.78, 5) is 34.5. The van der Waals surface area contributed by atoms with Crippen molar-refractivity contribution in [2.75, 3.05) is 7.11 Å². The van der Waals surface area contributed by atoms with Gasteiger partial charge in [-0.25, -0.2) is 0 Å². The fourth-order valence-corrected chi connectivity index (χ4v) is 4.05. The molecule has 2 aromatic carbocycles. The number of nitrogens with zero attached hydrogens (tertiary/aromatic N) is 4. The van der Waals surface area contributed by atoms with Crippen molar-refractivity contribution in [2.45, 2.75) is 19.5 Å². The van der Waals surface area contributed by atoms with E-state index < -0.39 is 0 Å². The molecule has 1 N–H and O–H groups in total. The number of carbonyl (C=O) groups is 1. The molecule has 0 bridgehead atoms. The van der Waals surface area contributed by atoms with Crippen LogP contribution in [0, 0.1) is 0 Å². The van der Waals surface area contributed by atoms with Gasteiger partial charge in [0.15, 0.2) is 0 Å². The fraction of sp³-hybridized carbons (Fsp3) is 0.148. The fourth-order valence-electron chi connectivity index (χ4n) is 4.05. The maximum absolute atomic E-state index is 13.1. The summed E-state index contributed by atoms with van der Waals surface area (Å²) in [5.41, 5.74) is 2.39. The number of benzene rings is 2. The lowest BCUT2D eigenvalue weighted by Gasteiger charge is -2.17. The second-order valence-corrected chi connectivity index (χ2v) is 8.22. The van der Waals surface area contributed by atoms with Gasteiger partial charge in [0.1, 0.15) is 12.3 Å². The lowest BCUT2D eigenvalue weighted by molar-refractivity contribution is -0.122. The van der Waals surface area contributed by atoms with Crippen LogP contribution in [0.25, 0.3) is 33.7 Å². The van der Waals surface area contributed by atoms with Crippen LogP contribution >= 0.6 is 0 Å². The van der Waals surface area contributed by atoms with E-state index in [2.05, 4.69) is 20.4 Å². The maximum atomic E-state index is 13.1. The van der Waals surface area contributed by atoms with E-state index in [1.807, 2.05) is 49.4 Å². The van der Waals surface area contributed by atoms with Crippen LogP contribution in [0.5, 0.6) is 5.75 Å². The van der Waals surface area contributed by atoms with Crippen molar-refractivity contribution in [1.29, 1.82) is 0 Å². The average Bonchev–Trinajstić information content (AvgIpc) is 3.41. The first-order valence-electron chi connectivity index (χ1n) is 11.3. The zero-order chi connectivity index (χ0) is 25.1. The van der Waals surface area contributed by atoms with E-state index >= 15 is 0 Å². The number of methoxy groups -OCH3 is 1. The Labute approximate surface area is 206 Å². The number of carbonyl (C=O) groups excluding carboxylic acids is 1. The Hall–Kier alpha value is -4.79. The highest BCUT2D eigenvalue weighted by Crippen LogP contribution is 2.28. The first-order valence-corrected chi connectivity index (χ1v) is 11.3. The van der Waals surface area contributed by atoms with Gasteiger partial charge in [0.25, 0.3) is 11.4 Å². The first kappa shape index (κ1) is 23.0. The van der Waals surface area contributed by atoms with Gasteiger partial charge in [-0.2, -0.15) is 4.98 Å². The molecule has 1 unspecified atom stereocenters. The standard InChI is InChI=1S/C27H23N5O4/c1-17(19-6-5-7-20(14-19)35-2)29-24(33)16-32-23-9-4-3-8-21(23)22(15-25(32)34)27-30-26(31-36-27)18-10-12-28-13-11-18/h3-15,17H,16H2,1-2H3,(H,29,33). The summed E-state index contributed by atoms with van der Waals surface area (Å²) in [6.45, 7) is 1.74. The number of ether oxygens (including phenoxy) is 1. The molecule has 9 heteroatoms. The minimum Gasteiger partial charge on any atom is -0.497 e. The largest absolute Gasteiger partial charge is 0.497 e. The topological polar surface area (TPSA) is 112 Å². The number of amides is 1. The van der Waals surface area contributed by atoms with Gasteiger partial charge in [0, 0.05) is 29.4 Å². The number of hydrogen-bond acceptors (Lipinski definition) is 7. The van der Waals surface area contributed by atoms with Gasteiger partial charge in [0.2, 0.25) is 11.7 Å². The van der Waals surface area contributed by atoms with E-state index in [1.165, 1.54) is 10.6 Å². The molecule has 36 heavy (non-hydrogen) atoms. The third-order valence-electron chi connectivity index (χ3n) is 5.89. The van der Waals surface area contributed by atoms with Crippen LogP contribution in [0.3, 0.4) is 0 Å². The molecule has 0 saturated heterocycles. The molecular formula is C27H23N5O4. The van der Waals surface area contributed by atoms with Crippen LogP contribution in [-0.4, -0.2) is 32.7 Å². The second-order valence-electron chi connectivity index (χ2n) is 8.22. The molecule has 3 heterocycles. The van der Waals surface area contributed by atoms with Crippen LogP contribution in [0.2, 0.25) is 0 Å². The number of para-hydroxylation sites is 1. The zero-order valence-corrected chi connectivity index (χ0v) is 19.7. The Kier molecular flexibility index (Phi) is 6.27. The first-order chi connectivity index (χ1) is 17.5. The van der Waals surface area contributed by atoms with Gasteiger partial charge in [0.05, 0.1) is 24.2 Å². The summed E-state index contributed by atoms with van der Waals surface area (Å²) in [6, 6.07) is 19.5. The molecule has 0 spiro atoms. The number of nitrogens with one attached hydrogen (secondary N) is 1. The molecular weight excluding hydrogens is 458 g/mol. The molecule has 0 aliphatic heterocycles. The van der Waals surface area contributed by atoms with Crippen LogP contribution in [0.4, 0.5) is 0 Å². The van der Waals surface area contributed by atoms with Crippen molar-refractivity contribution < 1.29 is 14.1 Å². The summed E-state index contributed by atoms with van der Waals surface area (Å²) in [6.07, 6.45) is 3.28. The van der Waals surface area contributed by atoms with E-state index in [9.17, 15) is 9.59 Å². The van der Waals surface area contributed by atoms with Gasteiger partial charge in [-0.05, 0) is 42.8 Å². The summed E-state index contributed by atoms with van der Waals surface area (Å²) >= 11 is 0. The summed E-state index contributed by atoms with van der Waals surface area (Å²) in [7, 11) is 1.60. The normalized spacial score (nSPS) is 11.8. The van der Waals surface area contributed by atoms with E-state index in [4.69, 9.17) is 9.26 Å². The second kappa shape index (κ2) is 9.83. The molecule has 3 aromatic heterocycles. The molecule has 0 saturated carbocycles. The minimum absolute atomic E-state index is 0.139. The lowest BCUT2D eigenvalue weighted by atomic mass is 10.1. The molecule has 9 nitrogen and oxygen atoms in total. The summed E-state index contributed by atoms with van der Waals surface area (Å²) in [5.74, 6) is 1.03. The Bertz CT molecular complexity index is 1590. The molecule has 1 amide bonds. The predicted molar refractivity (Wildman–Crippen MR) is 134 cm³/mol. The van der Waals surface area contributed by atoms with Crippen molar-refractivity contribution in [3.63, 3.8) is 0 Å². The Balaban J connectivity index is 1.44. The highest BCUT2D eigenvalue weighted by atomic mass is 16.5. The monoisotopic (exact) mass is 481 g/mol. The number of fused-ring (bicyclic) bond motifs is 1. The van der Waals surface area contributed by atoms with Crippen molar-refractivity contribution >= 4 is 16.8 Å². The maximum Gasteiger partial charge on any atom is 0.259 e. The van der Waals surface area contributed by atoms with E-state index in [1.54, 1.807) is 37.7 Å². The van der Waals surface area contributed by atoms with Crippen molar-refractivity contribution in [2.24, 2.45) is 0 Å². The van der Waals surface area contributed by atoms with Crippen molar-refractivity contribution in [1.82, 2.24) is 25.0 Å². The molecule has 5 rings (SSSR count). The van der Waals surface area contributed by atoms with Crippen LogP contribution in [-0.2, 0) is 11.3 Å². The highest BCUT2D eigenvalue weighted by Gasteiger charge is 2.18. The van der Waals surface area contributed by atoms with E-state index in [-0.39, 0.29) is 29.9 Å². The van der Waals surface area contributed by atoms with Gasteiger partial charge in [-0.15, -0.1) is 0 Å². The van der Waals surface area contributed by atoms with E-state index in [0.717, 1.165) is 16.5 Å². The minimum atomic E-state index is -0.350. The molecule has 0 aliphatic rings. The molecule has 1 atom stereocenters. The number of pyridine rings is 2. The predicted octanol–water partition coefficient (Wildman–Crippen LogP) is 4.00. The SMILES string of the molecule is COc1cccc(C(C)NC(=O)Cn2c(=O)cc(-c3nc(-c4ccncc4)no3)c3ccccc32)c1. The Morgan fingerprint density at radius 3 is 2.69 bits per heavy atom. The molecule has 0 fully saturated rings. The smallest absolute Gasteiger partial charge is 0.259 e. The van der Waals surface area contributed by atoms with Gasteiger partial charge in [-0.1, -0.05) is 35.5 Å². The average molecular weight is 482 g/mol. The number of aromatic nitrogens is 4. The molecule has 0 radical (unpaired) electrons. The Morgan fingerprint density at radius 2 is 1.89 bits per heavy atom. The van der Waals surface area contributed by atoms with Crippen molar-refractivity contribution in [3.8, 4) is 28.6 Å². The third-order valence-corrected chi connectivity index (χ3v) is 5.89. The van der Waals surface area contributed by atoms with Crippen molar-refractivity contribution in [3.05, 3.63) is 95.0 Å². The molecule has 0 aliphatic carbocycles. The highest BCUT2D eigenvalue weighted by molar-refractivity contribution is 5.93. The van der Waals surface area contributed by atoms with Crippen LogP contribution in [0.15, 0.2) is 88.4 Å². The number of hydrogen-bond donors (Lipinski definition) is 1. The van der Waals surface area contributed by atoms with Gasteiger partial charge < -0.3 is 14.6 Å². The quantitative estimate of drug-likeness (QED) is 0.374. The third kappa shape index (κ3) is 4.58. The van der Waals surface area contributed by atoms with Gasteiger partial charge >= 0.3 is 0 Å². The van der Waals surface area contributed by atoms with Gasteiger partial charge in [-0.3, -0.25) is 19.1 Å². The molecule has 180 valence electrons. The Morgan fingerprint density at radius 1 is 1.08 bits per heavy atom. The van der Waals surface area contributed by atoms with Crippen LogP contribution in [0.1, 0.15) is 18.5 Å². The summed E-state index contributed by atoms with van der Waals surface area (Å²) in [5, 5.41) is 7.72. The number of rotatable bonds is 7. The lowest BCUT2D eigenvalue weighted by Crippen LogP contribution is -2.34. The molecule has 5 aromatic rings.